The number of piperazine rings is 2. The van der Waals surface area contributed by atoms with Crippen molar-refractivity contribution in [2.24, 2.45) is 5.92 Å². The number of rotatable bonds is 5. The molecule has 30 heavy (non-hydrogen) atoms. The van der Waals surface area contributed by atoms with Gasteiger partial charge in [0.1, 0.15) is 0 Å². The van der Waals surface area contributed by atoms with E-state index in [4.69, 9.17) is 4.98 Å². The molecule has 2 fully saturated rings. The van der Waals surface area contributed by atoms with Crippen molar-refractivity contribution < 1.29 is 9.59 Å². The van der Waals surface area contributed by atoms with E-state index in [1.54, 1.807) is 11.3 Å². The van der Waals surface area contributed by atoms with Crippen LogP contribution in [0.4, 0.5) is 5.13 Å². The van der Waals surface area contributed by atoms with Crippen LogP contribution >= 0.6 is 11.3 Å². The monoisotopic (exact) mass is 433 g/mol. The first-order chi connectivity index (χ1) is 14.6. The van der Waals surface area contributed by atoms with Crippen molar-refractivity contribution in [3.63, 3.8) is 0 Å². The molecule has 8 heteroatoms. The van der Waals surface area contributed by atoms with E-state index >= 15 is 0 Å². The molecule has 1 aromatic heterocycles. The molecule has 1 unspecified atom stereocenters. The molecule has 0 spiro atoms. The van der Waals surface area contributed by atoms with Gasteiger partial charge in [0.2, 0.25) is 11.8 Å². The van der Waals surface area contributed by atoms with E-state index in [1.165, 1.54) is 17.0 Å². The van der Waals surface area contributed by atoms with Crippen molar-refractivity contribution in [2.75, 3.05) is 63.8 Å². The molecule has 3 heterocycles. The quantitative estimate of drug-likeness (QED) is 0.709. The Kier molecular flexibility index (Phi) is 6.93. The highest BCUT2D eigenvalue weighted by molar-refractivity contribution is 7.15. The van der Waals surface area contributed by atoms with Gasteiger partial charge < -0.3 is 14.7 Å². The number of carbonyl (C=O) groups excluding carboxylic acids is 2. The van der Waals surface area contributed by atoms with Crippen LogP contribution in [-0.2, 0) is 22.4 Å². The first-order valence-electron chi connectivity index (χ1n) is 11.6. The van der Waals surface area contributed by atoms with Crippen LogP contribution in [0.1, 0.15) is 43.7 Å². The van der Waals surface area contributed by atoms with Crippen molar-refractivity contribution in [2.45, 2.75) is 46.0 Å². The summed E-state index contributed by atoms with van der Waals surface area (Å²) >= 11 is 1.76. The zero-order valence-corrected chi connectivity index (χ0v) is 19.3. The largest absolute Gasteiger partial charge is 0.345 e. The molecule has 2 saturated heterocycles. The molecule has 4 rings (SSSR count). The molecular weight excluding hydrogens is 398 g/mol. The minimum absolute atomic E-state index is 0.113. The molecule has 3 aliphatic rings. The summed E-state index contributed by atoms with van der Waals surface area (Å²) in [7, 11) is 0. The second kappa shape index (κ2) is 9.64. The van der Waals surface area contributed by atoms with Gasteiger partial charge in [-0.3, -0.25) is 14.5 Å². The van der Waals surface area contributed by atoms with Gasteiger partial charge in [0.15, 0.2) is 5.13 Å². The fraction of sp³-hybridized carbons (Fsp3) is 0.773. The third-order valence-electron chi connectivity index (χ3n) is 6.71. The van der Waals surface area contributed by atoms with E-state index in [9.17, 15) is 9.59 Å². The van der Waals surface area contributed by atoms with Gasteiger partial charge in [-0.25, -0.2) is 4.98 Å². The number of aryl methyl sites for hydroxylation is 1. The zero-order valence-electron chi connectivity index (χ0n) is 18.4. The Morgan fingerprint density at radius 3 is 2.37 bits per heavy atom. The van der Waals surface area contributed by atoms with Crippen LogP contribution in [-0.4, -0.2) is 90.4 Å². The first-order valence-corrected chi connectivity index (χ1v) is 12.4. The molecule has 0 N–H and O–H groups in total. The zero-order chi connectivity index (χ0) is 21.1. The Hall–Kier alpha value is -1.67. The summed E-state index contributed by atoms with van der Waals surface area (Å²) in [6, 6.07) is 0. The average molecular weight is 434 g/mol. The van der Waals surface area contributed by atoms with Crippen molar-refractivity contribution in [1.82, 2.24) is 19.7 Å². The standard InChI is InChI=1S/C22H35N5O2S/c1-3-7-24-8-10-26(11-9-24)21(29)17-5-6-18-19(16-17)30-22(23-18)27-14-12-25(13-15-27)20(28)4-2/h17H,3-16H2,1-2H3. The predicted octanol–water partition coefficient (Wildman–Crippen LogP) is 1.86. The van der Waals surface area contributed by atoms with Crippen LogP contribution in [0, 0.1) is 5.92 Å². The topological polar surface area (TPSA) is 60.0 Å². The lowest BCUT2D eigenvalue weighted by molar-refractivity contribution is -0.137. The molecule has 0 saturated carbocycles. The van der Waals surface area contributed by atoms with Gasteiger partial charge in [0.25, 0.3) is 0 Å². The summed E-state index contributed by atoms with van der Waals surface area (Å²) in [6.45, 7) is 12.3. The molecule has 7 nitrogen and oxygen atoms in total. The molecule has 1 aliphatic carbocycles. The van der Waals surface area contributed by atoms with E-state index in [0.717, 1.165) is 83.3 Å². The van der Waals surface area contributed by atoms with Gasteiger partial charge in [-0.1, -0.05) is 13.8 Å². The first kappa shape index (κ1) is 21.6. The van der Waals surface area contributed by atoms with E-state index in [2.05, 4.69) is 21.6 Å². The van der Waals surface area contributed by atoms with Gasteiger partial charge in [0, 0.05) is 69.6 Å². The number of carbonyl (C=O) groups is 2. The number of nitrogens with zero attached hydrogens (tertiary/aromatic N) is 5. The maximum atomic E-state index is 13.1. The fourth-order valence-electron chi connectivity index (χ4n) is 4.84. The minimum Gasteiger partial charge on any atom is -0.345 e. The molecule has 0 bridgehead atoms. The number of amides is 2. The summed E-state index contributed by atoms with van der Waals surface area (Å²) in [5.74, 6) is 0.700. The summed E-state index contributed by atoms with van der Waals surface area (Å²) < 4.78 is 0. The molecule has 1 aromatic rings. The Morgan fingerprint density at radius 2 is 1.70 bits per heavy atom. The van der Waals surface area contributed by atoms with Gasteiger partial charge in [0.05, 0.1) is 5.69 Å². The van der Waals surface area contributed by atoms with Crippen LogP contribution in [0.3, 0.4) is 0 Å². The summed E-state index contributed by atoms with van der Waals surface area (Å²) in [5, 5.41) is 1.07. The van der Waals surface area contributed by atoms with E-state index < -0.39 is 0 Å². The van der Waals surface area contributed by atoms with Gasteiger partial charge >= 0.3 is 0 Å². The molecule has 2 amide bonds. The lowest BCUT2D eigenvalue weighted by atomic mass is 9.90. The number of hydrogen-bond acceptors (Lipinski definition) is 6. The molecule has 0 radical (unpaired) electrons. The average Bonchev–Trinajstić information content (AvgIpc) is 3.22. The van der Waals surface area contributed by atoms with Crippen LogP contribution in [0.25, 0.3) is 0 Å². The second-order valence-electron chi connectivity index (χ2n) is 8.69. The fourth-order valence-corrected chi connectivity index (χ4v) is 6.08. The van der Waals surface area contributed by atoms with E-state index in [-0.39, 0.29) is 11.8 Å². The Morgan fingerprint density at radius 1 is 1.00 bits per heavy atom. The molecular formula is C22H35N5O2S. The Balaban J connectivity index is 1.32. The highest BCUT2D eigenvalue weighted by Crippen LogP contribution is 2.35. The van der Waals surface area contributed by atoms with Crippen molar-refractivity contribution in [3.8, 4) is 0 Å². The summed E-state index contributed by atoms with van der Waals surface area (Å²) in [5.41, 5.74) is 1.19. The minimum atomic E-state index is 0.113. The maximum Gasteiger partial charge on any atom is 0.226 e. The number of anilines is 1. The molecule has 166 valence electrons. The summed E-state index contributed by atoms with van der Waals surface area (Å²) in [4.78, 5) is 40.0. The highest BCUT2D eigenvalue weighted by atomic mass is 32.1. The molecule has 0 aromatic carbocycles. The smallest absolute Gasteiger partial charge is 0.226 e. The number of aromatic nitrogens is 1. The number of thiazole rings is 1. The Bertz CT molecular complexity index is 751. The van der Waals surface area contributed by atoms with Crippen LogP contribution in [0.5, 0.6) is 0 Å². The number of hydrogen-bond donors (Lipinski definition) is 0. The lowest BCUT2D eigenvalue weighted by Crippen LogP contribution is -2.50. The van der Waals surface area contributed by atoms with Gasteiger partial charge in [-0.15, -0.1) is 11.3 Å². The van der Waals surface area contributed by atoms with Crippen LogP contribution < -0.4 is 4.90 Å². The van der Waals surface area contributed by atoms with E-state index in [1.807, 2.05) is 11.8 Å². The predicted molar refractivity (Wildman–Crippen MR) is 120 cm³/mol. The third kappa shape index (κ3) is 4.64. The maximum absolute atomic E-state index is 13.1. The SMILES string of the molecule is CCCN1CCN(C(=O)C2CCc3nc(N4CCN(C(=O)CC)CC4)sc3C2)CC1. The van der Waals surface area contributed by atoms with Crippen molar-refractivity contribution in [1.29, 1.82) is 0 Å². The normalized spacial score (nSPS) is 22.9. The Labute approximate surface area is 184 Å². The molecule has 1 atom stereocenters. The third-order valence-corrected chi connectivity index (χ3v) is 7.89. The van der Waals surface area contributed by atoms with Gasteiger partial charge in [-0.05, 0) is 32.2 Å². The van der Waals surface area contributed by atoms with Gasteiger partial charge in [-0.2, -0.15) is 0 Å². The van der Waals surface area contributed by atoms with Crippen LogP contribution in [0.15, 0.2) is 0 Å². The van der Waals surface area contributed by atoms with Crippen LogP contribution in [0.2, 0.25) is 0 Å². The highest BCUT2D eigenvalue weighted by Gasteiger charge is 2.33. The lowest BCUT2D eigenvalue weighted by Gasteiger charge is -2.36. The number of fused-ring (bicyclic) bond motifs is 1. The molecule has 2 aliphatic heterocycles. The second-order valence-corrected chi connectivity index (χ2v) is 9.76. The summed E-state index contributed by atoms with van der Waals surface area (Å²) in [6.07, 6.45) is 4.43. The van der Waals surface area contributed by atoms with Crippen molar-refractivity contribution >= 4 is 28.3 Å². The van der Waals surface area contributed by atoms with E-state index in [0.29, 0.717) is 12.3 Å². The van der Waals surface area contributed by atoms with Crippen molar-refractivity contribution in [3.05, 3.63) is 10.6 Å².